The topological polar surface area (TPSA) is 100 Å². The Morgan fingerprint density at radius 1 is 1.06 bits per heavy atom. The second kappa shape index (κ2) is 8.98. The van der Waals surface area contributed by atoms with Gasteiger partial charge in [-0.25, -0.2) is 0 Å². The summed E-state index contributed by atoms with van der Waals surface area (Å²) in [4.78, 5) is 0. The molecule has 0 radical (unpaired) electrons. The first kappa shape index (κ1) is 18.0. The maximum Gasteiger partial charge on any atom is 0.364 e. The quantitative estimate of drug-likeness (QED) is 0.315. The molecule has 0 aromatic heterocycles. The molecular formula is C10H25N2O5P. The van der Waals surface area contributed by atoms with Crippen LogP contribution >= 0.6 is 7.60 Å². The highest BCUT2D eigenvalue weighted by Crippen LogP contribution is 2.57. The van der Waals surface area contributed by atoms with E-state index in [1.807, 2.05) is 0 Å². The Balaban J connectivity index is 5.00. The van der Waals surface area contributed by atoms with E-state index in [4.69, 9.17) is 19.3 Å². The highest BCUT2D eigenvalue weighted by Gasteiger charge is 2.46. The summed E-state index contributed by atoms with van der Waals surface area (Å²) in [5.74, 6) is 0. The van der Waals surface area contributed by atoms with Gasteiger partial charge in [0.15, 0.2) is 5.40 Å². The van der Waals surface area contributed by atoms with E-state index in [-0.39, 0.29) is 39.5 Å². The van der Waals surface area contributed by atoms with Crippen LogP contribution in [0.3, 0.4) is 0 Å². The Morgan fingerprint density at radius 3 is 1.72 bits per heavy atom. The minimum Gasteiger partial charge on any atom is -0.395 e. The van der Waals surface area contributed by atoms with Gasteiger partial charge in [-0.05, 0) is 20.8 Å². The monoisotopic (exact) mass is 284 g/mol. The van der Waals surface area contributed by atoms with Crippen LogP contribution in [0.15, 0.2) is 0 Å². The van der Waals surface area contributed by atoms with Gasteiger partial charge in [0, 0.05) is 13.1 Å². The molecule has 0 saturated heterocycles. The Labute approximate surface area is 108 Å². The van der Waals surface area contributed by atoms with Gasteiger partial charge in [-0.15, -0.1) is 0 Å². The number of rotatable bonds is 11. The van der Waals surface area contributed by atoms with Crippen LogP contribution in [0.5, 0.6) is 0 Å². The standard InChI is InChI=1S/C10H25N2O5P/c1-4-16-18(15,17-5-2)10(3,11-6-8-13)12-7-9-14/h11-14H,4-9H2,1-3H3. The molecule has 0 aliphatic rings. The third kappa shape index (κ3) is 4.93. The van der Waals surface area contributed by atoms with Crippen molar-refractivity contribution in [2.75, 3.05) is 39.5 Å². The van der Waals surface area contributed by atoms with E-state index in [1.165, 1.54) is 0 Å². The van der Waals surface area contributed by atoms with E-state index in [2.05, 4.69) is 10.6 Å². The van der Waals surface area contributed by atoms with Crippen LogP contribution in [-0.4, -0.2) is 55.1 Å². The molecule has 0 spiro atoms. The summed E-state index contributed by atoms with van der Waals surface area (Å²) >= 11 is 0. The average molecular weight is 284 g/mol. The average Bonchev–Trinajstić information content (AvgIpc) is 2.34. The van der Waals surface area contributed by atoms with Gasteiger partial charge in [-0.2, -0.15) is 0 Å². The third-order valence-electron chi connectivity index (χ3n) is 2.31. The maximum atomic E-state index is 12.7. The predicted molar refractivity (Wildman–Crippen MR) is 69.4 cm³/mol. The van der Waals surface area contributed by atoms with E-state index < -0.39 is 13.0 Å². The summed E-state index contributed by atoms with van der Waals surface area (Å²) < 4.78 is 23.3. The van der Waals surface area contributed by atoms with Gasteiger partial charge in [0.2, 0.25) is 0 Å². The van der Waals surface area contributed by atoms with Crippen molar-refractivity contribution in [3.05, 3.63) is 0 Å². The van der Waals surface area contributed by atoms with Crippen LogP contribution in [-0.2, 0) is 13.6 Å². The maximum absolute atomic E-state index is 12.7. The largest absolute Gasteiger partial charge is 0.395 e. The van der Waals surface area contributed by atoms with Gasteiger partial charge in [-0.3, -0.25) is 15.2 Å². The lowest BCUT2D eigenvalue weighted by Crippen LogP contribution is -2.56. The van der Waals surface area contributed by atoms with Crippen LogP contribution in [0.4, 0.5) is 0 Å². The second-order valence-corrected chi connectivity index (χ2v) is 6.11. The zero-order valence-corrected chi connectivity index (χ0v) is 12.2. The van der Waals surface area contributed by atoms with Crippen molar-refractivity contribution < 1.29 is 23.8 Å². The summed E-state index contributed by atoms with van der Waals surface area (Å²) in [5.41, 5.74) is 0. The van der Waals surface area contributed by atoms with Gasteiger partial charge in [0.05, 0.1) is 26.4 Å². The molecule has 0 unspecified atom stereocenters. The van der Waals surface area contributed by atoms with Crippen molar-refractivity contribution in [1.29, 1.82) is 0 Å². The van der Waals surface area contributed by atoms with Crippen LogP contribution in [0.25, 0.3) is 0 Å². The lowest BCUT2D eigenvalue weighted by molar-refractivity contribution is 0.167. The molecule has 0 saturated carbocycles. The minimum absolute atomic E-state index is 0.103. The van der Waals surface area contributed by atoms with Crippen molar-refractivity contribution in [2.24, 2.45) is 0 Å². The fraction of sp³-hybridized carbons (Fsp3) is 1.00. The van der Waals surface area contributed by atoms with E-state index in [1.54, 1.807) is 20.8 Å². The molecule has 0 heterocycles. The first-order valence-corrected chi connectivity index (χ1v) is 7.65. The Kier molecular flexibility index (Phi) is 8.98. The fourth-order valence-electron chi connectivity index (χ4n) is 1.49. The molecule has 7 nitrogen and oxygen atoms in total. The van der Waals surface area contributed by atoms with Crippen LogP contribution in [0.1, 0.15) is 20.8 Å². The lowest BCUT2D eigenvalue weighted by Gasteiger charge is -2.37. The minimum atomic E-state index is -3.45. The summed E-state index contributed by atoms with van der Waals surface area (Å²) in [7, 11) is -3.45. The number of hydrogen-bond acceptors (Lipinski definition) is 7. The third-order valence-corrected chi connectivity index (χ3v) is 4.92. The molecule has 0 bridgehead atoms. The number of aliphatic hydroxyl groups excluding tert-OH is 2. The molecular weight excluding hydrogens is 259 g/mol. The summed E-state index contributed by atoms with van der Waals surface area (Å²) in [6.45, 7) is 5.84. The second-order valence-electron chi connectivity index (χ2n) is 3.71. The first-order valence-electron chi connectivity index (χ1n) is 6.10. The molecule has 18 heavy (non-hydrogen) atoms. The SMILES string of the molecule is CCOP(=O)(OCC)C(C)(NCCO)NCCO. The zero-order chi connectivity index (χ0) is 14.1. The van der Waals surface area contributed by atoms with Crippen molar-refractivity contribution >= 4 is 7.60 Å². The number of hydrogen-bond donors (Lipinski definition) is 4. The molecule has 0 aliphatic heterocycles. The molecule has 0 aromatic rings. The van der Waals surface area contributed by atoms with Crippen LogP contribution in [0, 0.1) is 0 Å². The molecule has 8 heteroatoms. The van der Waals surface area contributed by atoms with Crippen molar-refractivity contribution in [3.63, 3.8) is 0 Å². The van der Waals surface area contributed by atoms with Crippen molar-refractivity contribution in [3.8, 4) is 0 Å². The fourth-order valence-corrected chi connectivity index (χ4v) is 3.37. The smallest absolute Gasteiger partial charge is 0.364 e. The molecule has 0 fully saturated rings. The molecule has 0 aromatic carbocycles. The molecule has 0 rings (SSSR count). The van der Waals surface area contributed by atoms with E-state index in [0.29, 0.717) is 0 Å². The summed E-state index contributed by atoms with van der Waals surface area (Å²) in [6, 6.07) is 0. The van der Waals surface area contributed by atoms with Crippen molar-refractivity contribution in [1.82, 2.24) is 10.6 Å². The van der Waals surface area contributed by atoms with Gasteiger partial charge >= 0.3 is 7.60 Å². The van der Waals surface area contributed by atoms with E-state index in [0.717, 1.165) is 0 Å². The zero-order valence-electron chi connectivity index (χ0n) is 11.3. The molecule has 110 valence electrons. The van der Waals surface area contributed by atoms with Gasteiger partial charge in [0.25, 0.3) is 0 Å². The predicted octanol–water partition coefficient (Wildman–Crippen LogP) is 0.0900. The van der Waals surface area contributed by atoms with Crippen LogP contribution in [0.2, 0.25) is 0 Å². The number of nitrogens with one attached hydrogen (secondary N) is 2. The Bertz CT molecular complexity index is 247. The van der Waals surface area contributed by atoms with Gasteiger partial charge in [-0.1, -0.05) is 0 Å². The highest BCUT2D eigenvalue weighted by atomic mass is 31.2. The number of aliphatic hydroxyl groups is 2. The molecule has 0 atom stereocenters. The highest BCUT2D eigenvalue weighted by molar-refractivity contribution is 7.55. The summed E-state index contributed by atoms with van der Waals surface area (Å²) in [5, 5.41) is 22.4. The molecule has 0 amide bonds. The molecule has 0 aliphatic carbocycles. The Hall–Kier alpha value is -0.0100. The first-order chi connectivity index (χ1) is 8.49. The molecule has 4 N–H and O–H groups in total. The normalized spacial score (nSPS) is 12.9. The lowest BCUT2D eigenvalue weighted by atomic mass is 10.5. The van der Waals surface area contributed by atoms with Crippen molar-refractivity contribution in [2.45, 2.75) is 26.2 Å². The van der Waals surface area contributed by atoms with Gasteiger partial charge < -0.3 is 19.3 Å². The van der Waals surface area contributed by atoms with E-state index in [9.17, 15) is 4.57 Å². The van der Waals surface area contributed by atoms with E-state index >= 15 is 0 Å². The van der Waals surface area contributed by atoms with Crippen LogP contribution < -0.4 is 10.6 Å². The Morgan fingerprint density at radius 2 is 1.44 bits per heavy atom. The summed E-state index contributed by atoms with van der Waals surface area (Å²) in [6.07, 6.45) is 0. The van der Waals surface area contributed by atoms with Gasteiger partial charge in [0.1, 0.15) is 0 Å².